The van der Waals surface area contributed by atoms with Crippen molar-refractivity contribution >= 4 is 10.2 Å². The molecule has 0 radical (unpaired) electrons. The van der Waals surface area contributed by atoms with Gasteiger partial charge in [-0.15, -0.1) is 0 Å². The van der Waals surface area contributed by atoms with E-state index in [9.17, 15) is 8.42 Å². The number of hydrogen-bond donors (Lipinski definition) is 0. The number of imidazole rings is 1. The van der Waals surface area contributed by atoms with E-state index in [-0.39, 0.29) is 12.6 Å². The second kappa shape index (κ2) is 6.10. The third-order valence-corrected chi connectivity index (χ3v) is 6.22. The van der Waals surface area contributed by atoms with Crippen LogP contribution < -0.4 is 0 Å². The zero-order valence-electron chi connectivity index (χ0n) is 13.6. The third kappa shape index (κ3) is 3.06. The zero-order chi connectivity index (χ0) is 16.6. The summed E-state index contributed by atoms with van der Waals surface area (Å²) in [4.78, 5) is 4.20. The van der Waals surface area contributed by atoms with E-state index in [0.717, 1.165) is 18.6 Å². The molecule has 0 unspecified atom stereocenters. The smallest absolute Gasteiger partial charge is 0.282 e. The van der Waals surface area contributed by atoms with Crippen LogP contribution in [0.5, 0.6) is 0 Å². The summed E-state index contributed by atoms with van der Waals surface area (Å²) >= 11 is 0. The lowest BCUT2D eigenvalue weighted by atomic mass is 10.2. The normalized spacial score (nSPS) is 19.7. The molecule has 0 bridgehead atoms. The van der Waals surface area contributed by atoms with Crippen LogP contribution in [0, 0.1) is 6.92 Å². The first-order valence-corrected chi connectivity index (χ1v) is 9.05. The number of nitrogens with zero attached hydrogens (tertiary/aromatic N) is 4. The molecule has 0 spiro atoms. The lowest BCUT2D eigenvalue weighted by molar-refractivity contribution is 0.306. The molecule has 1 saturated heterocycles. The van der Waals surface area contributed by atoms with Gasteiger partial charge in [0.05, 0.1) is 12.6 Å². The Morgan fingerprint density at radius 3 is 2.83 bits per heavy atom. The van der Waals surface area contributed by atoms with Gasteiger partial charge in [-0.1, -0.05) is 0 Å². The highest BCUT2D eigenvalue weighted by molar-refractivity contribution is 7.86. The van der Waals surface area contributed by atoms with Crippen LogP contribution in [0.15, 0.2) is 28.9 Å². The van der Waals surface area contributed by atoms with E-state index in [4.69, 9.17) is 4.42 Å². The van der Waals surface area contributed by atoms with E-state index in [2.05, 4.69) is 4.98 Å². The van der Waals surface area contributed by atoms with Gasteiger partial charge in [-0.05, 0) is 31.9 Å². The van der Waals surface area contributed by atoms with Crippen molar-refractivity contribution in [2.45, 2.75) is 32.4 Å². The molecule has 1 aliphatic rings. The molecule has 7 nitrogen and oxygen atoms in total. The molecule has 0 aliphatic carbocycles. The second-order valence-electron chi connectivity index (χ2n) is 5.94. The second-order valence-corrected chi connectivity index (χ2v) is 7.92. The zero-order valence-corrected chi connectivity index (χ0v) is 14.5. The standard InChI is InChI=1S/C15H22N4O3S/c1-12-6-7-14(22-12)13-5-4-9-19(13)23(20,21)18(3)11-15-16-8-10-17(15)2/h6-8,10,13H,4-5,9,11H2,1-3H3/t13-/m1/s1. The molecule has 1 aliphatic heterocycles. The van der Waals surface area contributed by atoms with Crippen molar-refractivity contribution < 1.29 is 12.8 Å². The molecule has 1 atom stereocenters. The highest BCUT2D eigenvalue weighted by Gasteiger charge is 2.39. The SMILES string of the molecule is Cc1ccc([C@H]2CCCN2S(=O)(=O)N(C)Cc2nccn2C)o1. The Morgan fingerprint density at radius 2 is 2.22 bits per heavy atom. The average Bonchev–Trinajstić information content (AvgIpc) is 3.20. The minimum absolute atomic E-state index is 0.225. The Hall–Kier alpha value is -1.64. The molecule has 2 aromatic heterocycles. The molecule has 1 fully saturated rings. The van der Waals surface area contributed by atoms with Gasteiger partial charge in [0.1, 0.15) is 17.3 Å². The van der Waals surface area contributed by atoms with Gasteiger partial charge in [0.15, 0.2) is 0 Å². The molecule has 0 aromatic carbocycles. The van der Waals surface area contributed by atoms with Gasteiger partial charge < -0.3 is 8.98 Å². The van der Waals surface area contributed by atoms with Crippen molar-refractivity contribution in [2.24, 2.45) is 7.05 Å². The van der Waals surface area contributed by atoms with Gasteiger partial charge in [-0.2, -0.15) is 17.0 Å². The fourth-order valence-corrected chi connectivity index (χ4v) is 4.47. The number of aromatic nitrogens is 2. The van der Waals surface area contributed by atoms with Crippen molar-refractivity contribution in [2.75, 3.05) is 13.6 Å². The maximum atomic E-state index is 12.9. The molecule has 126 valence electrons. The molecular weight excluding hydrogens is 316 g/mol. The summed E-state index contributed by atoms with van der Waals surface area (Å²) in [5.74, 6) is 2.22. The van der Waals surface area contributed by atoms with Gasteiger partial charge in [-0.3, -0.25) is 0 Å². The third-order valence-electron chi connectivity index (χ3n) is 4.27. The predicted octanol–water partition coefficient (Wildman–Crippen LogP) is 1.84. The quantitative estimate of drug-likeness (QED) is 0.834. The fourth-order valence-electron chi connectivity index (χ4n) is 2.94. The molecule has 2 aromatic rings. The van der Waals surface area contributed by atoms with E-state index in [1.807, 2.05) is 30.7 Å². The molecule has 0 N–H and O–H groups in total. The summed E-state index contributed by atoms with van der Waals surface area (Å²) in [5, 5.41) is 0. The van der Waals surface area contributed by atoms with Crippen LogP contribution in [0.3, 0.4) is 0 Å². The van der Waals surface area contributed by atoms with Crippen LogP contribution in [0.2, 0.25) is 0 Å². The Kier molecular flexibility index (Phi) is 4.31. The minimum Gasteiger partial charge on any atom is -0.465 e. The summed E-state index contributed by atoms with van der Waals surface area (Å²) in [5.41, 5.74) is 0. The van der Waals surface area contributed by atoms with E-state index < -0.39 is 10.2 Å². The largest absolute Gasteiger partial charge is 0.465 e. The van der Waals surface area contributed by atoms with Crippen LogP contribution in [0.25, 0.3) is 0 Å². The predicted molar refractivity (Wildman–Crippen MR) is 85.7 cm³/mol. The van der Waals surface area contributed by atoms with E-state index in [0.29, 0.717) is 18.1 Å². The van der Waals surface area contributed by atoms with Gasteiger partial charge in [-0.25, -0.2) is 4.98 Å². The van der Waals surface area contributed by atoms with Crippen molar-refractivity contribution in [3.63, 3.8) is 0 Å². The summed E-state index contributed by atoms with van der Waals surface area (Å²) in [6.45, 7) is 2.62. The van der Waals surface area contributed by atoms with Crippen LogP contribution in [-0.2, 0) is 23.8 Å². The van der Waals surface area contributed by atoms with Gasteiger partial charge in [0, 0.05) is 33.0 Å². The summed E-state index contributed by atoms with van der Waals surface area (Å²) in [6.07, 6.45) is 5.09. The molecule has 3 rings (SSSR count). The van der Waals surface area contributed by atoms with Gasteiger partial charge in [0.2, 0.25) is 0 Å². The summed E-state index contributed by atoms with van der Waals surface area (Å²) < 4.78 is 36.2. The highest BCUT2D eigenvalue weighted by atomic mass is 32.2. The monoisotopic (exact) mass is 338 g/mol. The Balaban J connectivity index is 1.81. The molecule has 0 amide bonds. The molecule has 0 saturated carbocycles. The molecule has 8 heteroatoms. The topological polar surface area (TPSA) is 71.6 Å². The minimum atomic E-state index is -3.57. The van der Waals surface area contributed by atoms with Crippen molar-refractivity contribution in [1.82, 2.24) is 18.2 Å². The number of aryl methyl sites for hydroxylation is 2. The van der Waals surface area contributed by atoms with Gasteiger partial charge >= 0.3 is 0 Å². The lowest BCUT2D eigenvalue weighted by Gasteiger charge is -2.27. The van der Waals surface area contributed by atoms with Crippen molar-refractivity contribution in [3.05, 3.63) is 41.9 Å². The molecule has 3 heterocycles. The van der Waals surface area contributed by atoms with E-state index >= 15 is 0 Å². The number of rotatable bonds is 5. The average molecular weight is 338 g/mol. The fraction of sp³-hybridized carbons (Fsp3) is 0.533. The van der Waals surface area contributed by atoms with Gasteiger partial charge in [0.25, 0.3) is 10.2 Å². The maximum Gasteiger partial charge on any atom is 0.282 e. The number of hydrogen-bond acceptors (Lipinski definition) is 4. The summed E-state index contributed by atoms with van der Waals surface area (Å²) in [7, 11) is -0.122. The lowest BCUT2D eigenvalue weighted by Crippen LogP contribution is -2.41. The van der Waals surface area contributed by atoms with Crippen LogP contribution in [0.1, 0.15) is 36.2 Å². The number of furan rings is 1. The first-order valence-electron chi connectivity index (χ1n) is 7.65. The molecular formula is C15H22N4O3S. The molecule has 23 heavy (non-hydrogen) atoms. The first-order chi connectivity index (χ1) is 10.9. The van der Waals surface area contributed by atoms with E-state index in [1.54, 1.807) is 19.4 Å². The Bertz CT molecular complexity index is 780. The van der Waals surface area contributed by atoms with Crippen molar-refractivity contribution in [3.8, 4) is 0 Å². The highest BCUT2D eigenvalue weighted by Crippen LogP contribution is 2.35. The van der Waals surface area contributed by atoms with Crippen molar-refractivity contribution in [1.29, 1.82) is 0 Å². The van der Waals surface area contributed by atoms with Crippen LogP contribution in [-0.4, -0.2) is 40.2 Å². The summed E-state index contributed by atoms with van der Waals surface area (Å²) in [6, 6.07) is 3.51. The Morgan fingerprint density at radius 1 is 1.43 bits per heavy atom. The Labute approximate surface area is 136 Å². The van der Waals surface area contributed by atoms with Crippen LogP contribution in [0.4, 0.5) is 0 Å². The van der Waals surface area contributed by atoms with E-state index in [1.165, 1.54) is 8.61 Å². The van der Waals surface area contributed by atoms with Crippen LogP contribution >= 0.6 is 0 Å². The maximum absolute atomic E-state index is 12.9. The first kappa shape index (κ1) is 16.2.